The van der Waals surface area contributed by atoms with E-state index in [4.69, 9.17) is 10.3 Å². The molecular weight excluding hydrogens is 276 g/mol. The molecule has 0 atom stereocenters. The number of hydrogen-bond donors (Lipinski definition) is 1. The highest BCUT2D eigenvalue weighted by Gasteiger charge is 2.17. The first-order chi connectivity index (χ1) is 8.39. The summed E-state index contributed by atoms with van der Waals surface area (Å²) in [5.74, 6) is 0.191. The van der Waals surface area contributed by atoms with Crippen LogP contribution in [-0.2, 0) is 22.1 Å². The normalized spacial score (nSPS) is 11.9. The van der Waals surface area contributed by atoms with Crippen LogP contribution in [0.4, 0.5) is 0 Å². The van der Waals surface area contributed by atoms with Crippen LogP contribution >= 0.6 is 11.3 Å². The Morgan fingerprint density at radius 3 is 2.67 bits per heavy atom. The van der Waals surface area contributed by atoms with Crippen molar-refractivity contribution in [3.63, 3.8) is 0 Å². The summed E-state index contributed by atoms with van der Waals surface area (Å²) >= 11 is 1.36. The van der Waals surface area contributed by atoms with Crippen molar-refractivity contribution < 1.29 is 12.9 Å². The van der Waals surface area contributed by atoms with Crippen LogP contribution < -0.4 is 5.73 Å². The van der Waals surface area contributed by atoms with Gasteiger partial charge in [-0.2, -0.15) is 4.98 Å². The third kappa shape index (κ3) is 2.92. The molecule has 0 aliphatic rings. The summed E-state index contributed by atoms with van der Waals surface area (Å²) in [5, 5.41) is 4.41. The highest BCUT2D eigenvalue weighted by Crippen LogP contribution is 2.28. The number of nitrogens with two attached hydrogens (primary N) is 1. The Kier molecular flexibility index (Phi) is 3.46. The van der Waals surface area contributed by atoms with Gasteiger partial charge in [0.2, 0.25) is 0 Å². The predicted molar refractivity (Wildman–Crippen MR) is 66.6 cm³/mol. The summed E-state index contributed by atoms with van der Waals surface area (Å²) in [6.45, 7) is 2.15. The van der Waals surface area contributed by atoms with Gasteiger partial charge in [-0.3, -0.25) is 0 Å². The summed E-state index contributed by atoms with van der Waals surface area (Å²) < 4.78 is 27.3. The molecule has 0 aromatic carbocycles. The molecule has 0 aliphatic heterocycles. The second kappa shape index (κ2) is 4.75. The smallest absolute Gasteiger partial charge is 0.269 e. The van der Waals surface area contributed by atoms with Crippen molar-refractivity contribution in [2.24, 2.45) is 5.73 Å². The first kappa shape index (κ1) is 13.1. The lowest BCUT2D eigenvalue weighted by Gasteiger charge is -1.89. The van der Waals surface area contributed by atoms with Gasteiger partial charge in [-0.15, -0.1) is 11.3 Å². The van der Waals surface area contributed by atoms with E-state index in [2.05, 4.69) is 15.1 Å². The van der Waals surface area contributed by atoms with Gasteiger partial charge in [0.25, 0.3) is 5.89 Å². The molecule has 9 heteroatoms. The minimum absolute atomic E-state index is 0.148. The van der Waals surface area contributed by atoms with Crippen molar-refractivity contribution in [1.29, 1.82) is 0 Å². The van der Waals surface area contributed by atoms with Crippen LogP contribution in [0.3, 0.4) is 0 Å². The van der Waals surface area contributed by atoms with Gasteiger partial charge in [0.15, 0.2) is 15.7 Å². The molecule has 0 saturated heterocycles. The summed E-state index contributed by atoms with van der Waals surface area (Å²) in [7, 11) is -3.17. The molecule has 98 valence electrons. The minimum Gasteiger partial charge on any atom is -0.333 e. The van der Waals surface area contributed by atoms with E-state index in [0.29, 0.717) is 6.54 Å². The van der Waals surface area contributed by atoms with Gasteiger partial charge in [-0.1, -0.05) is 5.16 Å². The van der Waals surface area contributed by atoms with Gasteiger partial charge in [-0.05, 0) is 6.92 Å². The van der Waals surface area contributed by atoms with E-state index in [0.717, 1.165) is 21.8 Å². The second-order valence-electron chi connectivity index (χ2n) is 3.81. The Bertz CT molecular complexity index is 659. The zero-order chi connectivity index (χ0) is 13.3. The highest BCUT2D eigenvalue weighted by molar-refractivity contribution is 7.89. The lowest BCUT2D eigenvalue weighted by Crippen LogP contribution is -2.02. The summed E-state index contributed by atoms with van der Waals surface area (Å²) in [4.78, 5) is 9.01. The third-order valence-corrected chi connectivity index (χ3v) is 4.02. The van der Waals surface area contributed by atoms with Crippen molar-refractivity contribution in [1.82, 2.24) is 15.1 Å². The number of aryl methyl sites for hydroxylation is 1. The number of aromatic nitrogens is 3. The molecule has 18 heavy (non-hydrogen) atoms. The number of hydrogen-bond acceptors (Lipinski definition) is 8. The largest absolute Gasteiger partial charge is 0.333 e. The van der Waals surface area contributed by atoms with Crippen molar-refractivity contribution in [3.8, 4) is 10.8 Å². The summed E-state index contributed by atoms with van der Waals surface area (Å²) in [6, 6.07) is 0. The topological polar surface area (TPSA) is 112 Å². The molecule has 0 unspecified atom stereocenters. The fourth-order valence-corrected chi connectivity index (χ4v) is 2.83. The van der Waals surface area contributed by atoms with E-state index in [9.17, 15) is 8.42 Å². The van der Waals surface area contributed by atoms with E-state index >= 15 is 0 Å². The molecule has 2 rings (SSSR count). The van der Waals surface area contributed by atoms with E-state index in [1.807, 2.05) is 6.92 Å². The lowest BCUT2D eigenvalue weighted by atomic mass is 10.4. The zero-order valence-corrected chi connectivity index (χ0v) is 11.5. The van der Waals surface area contributed by atoms with Gasteiger partial charge < -0.3 is 10.3 Å². The molecule has 0 amide bonds. The van der Waals surface area contributed by atoms with Crippen LogP contribution in [0.25, 0.3) is 10.8 Å². The highest BCUT2D eigenvalue weighted by atomic mass is 32.2. The number of sulfone groups is 1. The van der Waals surface area contributed by atoms with Gasteiger partial charge in [0, 0.05) is 12.8 Å². The molecule has 2 aromatic rings. The maximum Gasteiger partial charge on any atom is 0.269 e. The Balaban J connectivity index is 2.32. The van der Waals surface area contributed by atoms with Gasteiger partial charge in [0.1, 0.15) is 15.6 Å². The minimum atomic E-state index is -3.17. The van der Waals surface area contributed by atoms with Crippen LogP contribution in [0.5, 0.6) is 0 Å². The van der Waals surface area contributed by atoms with E-state index in [1.165, 1.54) is 11.3 Å². The predicted octanol–water partition coefficient (Wildman–Crippen LogP) is 0.505. The molecule has 0 fully saturated rings. The van der Waals surface area contributed by atoms with Crippen LogP contribution in [0, 0.1) is 6.92 Å². The van der Waals surface area contributed by atoms with Crippen LogP contribution in [0.2, 0.25) is 0 Å². The van der Waals surface area contributed by atoms with Gasteiger partial charge in [-0.25, -0.2) is 13.4 Å². The maximum absolute atomic E-state index is 11.1. The Labute approximate surface area is 108 Å². The van der Waals surface area contributed by atoms with Crippen LogP contribution in [-0.4, -0.2) is 29.8 Å². The van der Waals surface area contributed by atoms with Gasteiger partial charge >= 0.3 is 0 Å². The second-order valence-corrected chi connectivity index (χ2v) is 7.04. The van der Waals surface area contributed by atoms with Crippen molar-refractivity contribution in [3.05, 3.63) is 16.5 Å². The quantitative estimate of drug-likeness (QED) is 0.871. The van der Waals surface area contributed by atoms with E-state index in [1.54, 1.807) is 0 Å². The Morgan fingerprint density at radius 1 is 1.39 bits per heavy atom. The molecule has 2 N–H and O–H groups in total. The molecule has 2 heterocycles. The van der Waals surface area contributed by atoms with Crippen molar-refractivity contribution >= 4 is 21.2 Å². The average Bonchev–Trinajstić information content (AvgIpc) is 2.82. The van der Waals surface area contributed by atoms with E-state index in [-0.39, 0.29) is 17.5 Å². The monoisotopic (exact) mass is 288 g/mol. The fraction of sp³-hybridized carbons (Fsp3) is 0.444. The molecule has 2 aromatic heterocycles. The Morgan fingerprint density at radius 2 is 2.11 bits per heavy atom. The zero-order valence-electron chi connectivity index (χ0n) is 9.87. The first-order valence-electron chi connectivity index (χ1n) is 5.06. The molecule has 0 radical (unpaired) electrons. The molecule has 0 bridgehead atoms. The average molecular weight is 288 g/mol. The SMILES string of the molecule is Cc1nc(CN)sc1-c1nc(CS(C)(=O)=O)no1. The summed E-state index contributed by atoms with van der Waals surface area (Å²) in [6.07, 6.45) is 1.12. The fourth-order valence-electron chi connectivity index (χ4n) is 1.38. The van der Waals surface area contributed by atoms with Crippen molar-refractivity contribution in [2.75, 3.05) is 6.26 Å². The molecule has 7 nitrogen and oxygen atoms in total. The third-order valence-electron chi connectivity index (χ3n) is 2.07. The number of thiazole rings is 1. The van der Waals surface area contributed by atoms with Crippen LogP contribution in [0.1, 0.15) is 16.5 Å². The molecular formula is C9H12N4O3S2. The Hall–Kier alpha value is -1.32. The maximum atomic E-state index is 11.1. The number of nitrogens with zero attached hydrogens (tertiary/aromatic N) is 3. The summed E-state index contributed by atoms with van der Waals surface area (Å²) in [5.41, 5.74) is 6.25. The first-order valence-corrected chi connectivity index (χ1v) is 7.94. The molecule has 0 aliphatic carbocycles. The number of rotatable bonds is 4. The lowest BCUT2D eigenvalue weighted by molar-refractivity contribution is 0.425. The van der Waals surface area contributed by atoms with Crippen LogP contribution in [0.15, 0.2) is 4.52 Å². The standard InChI is InChI=1S/C9H12N4O3S2/c1-5-8(17-7(3-10)11-5)9-12-6(13-16-9)4-18(2,14)15/h3-4,10H2,1-2H3. The van der Waals surface area contributed by atoms with Gasteiger partial charge in [0.05, 0.1) is 5.69 Å². The van der Waals surface area contributed by atoms with Crippen molar-refractivity contribution in [2.45, 2.75) is 19.2 Å². The van der Waals surface area contributed by atoms with E-state index < -0.39 is 9.84 Å². The molecule has 0 saturated carbocycles. The molecule has 0 spiro atoms.